The molecule has 6 nitrogen and oxygen atoms in total. The van der Waals surface area contributed by atoms with Gasteiger partial charge in [0, 0.05) is 20.3 Å². The molecule has 4 atom stereocenters. The summed E-state index contributed by atoms with van der Waals surface area (Å²) < 4.78 is 1.66. The number of carbonyl (C=O) groups excluding carboxylic acids is 4. The van der Waals surface area contributed by atoms with Crippen LogP contribution in [0.4, 0.5) is 11.4 Å². The van der Waals surface area contributed by atoms with Gasteiger partial charge in [0.05, 0.1) is 35.0 Å². The van der Waals surface area contributed by atoms with E-state index < -0.39 is 35.0 Å². The normalized spacial score (nSPS) is 27.9. The molecule has 2 saturated heterocycles. The second kappa shape index (κ2) is 11.2. The Morgan fingerprint density at radius 2 is 0.979 bits per heavy atom. The van der Waals surface area contributed by atoms with Crippen LogP contribution in [0, 0.1) is 35.0 Å². The van der Waals surface area contributed by atoms with Gasteiger partial charge in [-0.05, 0) is 77.2 Å². The maximum atomic E-state index is 14.9. The third kappa shape index (κ3) is 4.20. The average Bonchev–Trinajstić information content (AvgIpc) is 3.52. The second-order valence-corrected chi connectivity index (χ2v) is 14.7. The van der Waals surface area contributed by atoms with Crippen molar-refractivity contribution in [3.8, 4) is 0 Å². The predicted molar refractivity (Wildman–Crippen MR) is 188 cm³/mol. The maximum absolute atomic E-state index is 14.9. The van der Waals surface area contributed by atoms with Crippen LogP contribution in [0.15, 0.2) is 118 Å². The van der Waals surface area contributed by atoms with Gasteiger partial charge in [-0.3, -0.25) is 29.0 Å². The van der Waals surface area contributed by atoms with Crippen molar-refractivity contribution in [1.82, 2.24) is 0 Å². The molecule has 3 aliphatic carbocycles. The van der Waals surface area contributed by atoms with E-state index in [1.807, 2.05) is 91.9 Å². The van der Waals surface area contributed by atoms with E-state index in [2.05, 4.69) is 31.9 Å². The monoisotopic (exact) mass is 748 g/mol. The lowest BCUT2D eigenvalue weighted by Gasteiger charge is -2.59. The molecule has 4 aromatic rings. The number of hydrogen-bond donors (Lipinski definition) is 0. The molecule has 0 N–H and O–H groups in total. The van der Waals surface area contributed by atoms with Crippen LogP contribution in [0.2, 0.25) is 0 Å². The molecule has 3 fully saturated rings. The minimum atomic E-state index is -1.11. The van der Waals surface area contributed by atoms with E-state index in [0.717, 1.165) is 31.2 Å². The summed E-state index contributed by atoms with van der Waals surface area (Å²) in [5, 5.41) is 0. The fraction of sp³-hybridized carbons (Fsp3) is 0.231. The molecular weight excluding hydrogens is 720 g/mol. The van der Waals surface area contributed by atoms with Crippen LogP contribution in [0.3, 0.4) is 0 Å². The zero-order chi connectivity index (χ0) is 32.6. The van der Waals surface area contributed by atoms with Crippen LogP contribution >= 0.6 is 31.9 Å². The van der Waals surface area contributed by atoms with Crippen molar-refractivity contribution in [3.05, 3.63) is 129 Å². The van der Waals surface area contributed by atoms with Crippen molar-refractivity contribution in [2.75, 3.05) is 9.80 Å². The number of anilines is 2. The molecule has 234 valence electrons. The first-order chi connectivity index (χ1) is 22.8. The molecule has 4 aromatic carbocycles. The maximum Gasteiger partial charge on any atom is 0.238 e. The predicted octanol–water partition coefficient (Wildman–Crippen LogP) is 8.16. The molecule has 0 aromatic heterocycles. The number of hydrogen-bond acceptors (Lipinski definition) is 4. The summed E-state index contributed by atoms with van der Waals surface area (Å²) >= 11 is 6.94. The van der Waals surface area contributed by atoms with Gasteiger partial charge < -0.3 is 0 Å². The fourth-order valence-corrected chi connectivity index (χ4v) is 9.74. The van der Waals surface area contributed by atoms with E-state index in [1.165, 1.54) is 9.80 Å². The van der Waals surface area contributed by atoms with Crippen LogP contribution in [0.25, 0.3) is 11.1 Å². The number of allylic oxidation sites excluding steroid dienone is 2. The molecule has 1 saturated carbocycles. The number of carbonyl (C=O) groups is 4. The highest BCUT2D eigenvalue weighted by Gasteiger charge is 2.77. The van der Waals surface area contributed by atoms with Crippen LogP contribution in [0.1, 0.15) is 30.9 Å². The van der Waals surface area contributed by atoms with Crippen molar-refractivity contribution in [1.29, 1.82) is 0 Å². The Morgan fingerprint density at radius 3 is 1.40 bits per heavy atom. The number of rotatable bonds is 6. The van der Waals surface area contributed by atoms with Crippen molar-refractivity contribution in [2.24, 2.45) is 35.0 Å². The van der Waals surface area contributed by atoms with Gasteiger partial charge in [-0.2, -0.15) is 0 Å². The molecule has 9 rings (SSSR count). The van der Waals surface area contributed by atoms with Crippen LogP contribution < -0.4 is 9.80 Å². The molecule has 2 heterocycles. The van der Waals surface area contributed by atoms with Gasteiger partial charge in [-0.15, -0.1) is 0 Å². The van der Waals surface area contributed by atoms with E-state index >= 15 is 0 Å². The molecule has 4 amide bonds. The molecule has 4 unspecified atom stereocenters. The first-order valence-corrected chi connectivity index (χ1v) is 17.5. The minimum absolute atomic E-state index is 0.304. The third-order valence-electron chi connectivity index (χ3n) is 10.6. The summed E-state index contributed by atoms with van der Waals surface area (Å²) in [6.07, 6.45) is 1.11. The van der Waals surface area contributed by atoms with Gasteiger partial charge >= 0.3 is 0 Å². The molecular formula is C39H30Br2N2O4. The average molecular weight is 750 g/mol. The van der Waals surface area contributed by atoms with Crippen LogP contribution in [-0.2, 0) is 19.2 Å². The van der Waals surface area contributed by atoms with E-state index in [1.54, 1.807) is 24.3 Å². The van der Waals surface area contributed by atoms with E-state index in [9.17, 15) is 19.2 Å². The number of amides is 4. The summed E-state index contributed by atoms with van der Waals surface area (Å²) in [5.74, 6) is -5.14. The molecule has 2 aliphatic heterocycles. The second-order valence-electron chi connectivity index (χ2n) is 12.8. The number of halogens is 2. The highest BCUT2D eigenvalue weighted by Crippen LogP contribution is 2.73. The lowest BCUT2D eigenvalue weighted by atomic mass is 9.40. The lowest BCUT2D eigenvalue weighted by Crippen LogP contribution is -2.60. The summed E-state index contributed by atoms with van der Waals surface area (Å²) in [6, 6.07) is 34.2. The van der Waals surface area contributed by atoms with Crippen LogP contribution in [0.5, 0.6) is 0 Å². The van der Waals surface area contributed by atoms with Crippen molar-refractivity contribution < 1.29 is 19.2 Å². The van der Waals surface area contributed by atoms with E-state index in [4.69, 9.17) is 0 Å². The Hall–Kier alpha value is -4.14. The van der Waals surface area contributed by atoms with E-state index in [0.29, 0.717) is 24.2 Å². The number of nitrogens with zero attached hydrogens (tertiary/aromatic N) is 2. The molecule has 47 heavy (non-hydrogen) atoms. The summed E-state index contributed by atoms with van der Waals surface area (Å²) in [5.41, 5.74) is 3.49. The number of benzene rings is 4. The summed E-state index contributed by atoms with van der Waals surface area (Å²) in [6.45, 7) is 2.05. The van der Waals surface area contributed by atoms with E-state index in [-0.39, 0.29) is 23.6 Å². The Kier molecular flexibility index (Phi) is 7.22. The van der Waals surface area contributed by atoms with Gasteiger partial charge in [-0.1, -0.05) is 106 Å². The molecule has 0 spiro atoms. The Bertz CT molecular complexity index is 1890. The van der Waals surface area contributed by atoms with Gasteiger partial charge in [-0.25, -0.2) is 0 Å². The third-order valence-corrected chi connectivity index (χ3v) is 11.7. The van der Waals surface area contributed by atoms with Crippen molar-refractivity contribution >= 4 is 78.0 Å². The first-order valence-electron chi connectivity index (χ1n) is 15.9. The highest BCUT2D eigenvalue weighted by molar-refractivity contribution is 9.10. The fourth-order valence-electron chi connectivity index (χ4n) is 9.22. The Labute approximate surface area is 289 Å². The van der Waals surface area contributed by atoms with Gasteiger partial charge in [0.15, 0.2) is 0 Å². The molecule has 5 aliphatic rings. The van der Waals surface area contributed by atoms with Crippen molar-refractivity contribution in [3.63, 3.8) is 0 Å². The zero-order valence-electron chi connectivity index (χ0n) is 25.5. The Balaban J connectivity index is 1.44. The molecule has 0 radical (unpaired) electrons. The smallest absolute Gasteiger partial charge is 0.238 e. The Morgan fingerprint density at radius 1 is 0.553 bits per heavy atom. The van der Waals surface area contributed by atoms with Crippen LogP contribution in [-0.4, -0.2) is 23.6 Å². The van der Waals surface area contributed by atoms with Gasteiger partial charge in [0.25, 0.3) is 0 Å². The molecule has 8 heteroatoms. The van der Waals surface area contributed by atoms with Gasteiger partial charge in [0.2, 0.25) is 23.6 Å². The topological polar surface area (TPSA) is 74.8 Å². The standard InChI is InChI=1S/C39H30Br2N2O4/c1-2-21-39-32(23-11-7-4-8-12-23)28(22-9-5-3-6-10-22)29(30-33(39)37(46)42(35(30)44)26-17-13-24(40)14-18-26)31-34(39)38(47)43(36(31)45)27-19-15-25(41)16-20-27/h3-20,29-31,33-34H,2,21H2,1H3. The van der Waals surface area contributed by atoms with Crippen molar-refractivity contribution in [2.45, 2.75) is 19.8 Å². The molecule has 2 bridgehead atoms. The summed E-state index contributed by atoms with van der Waals surface area (Å²) in [7, 11) is 0. The summed E-state index contributed by atoms with van der Waals surface area (Å²) in [4.78, 5) is 62.2. The minimum Gasteiger partial charge on any atom is -0.274 e. The highest BCUT2D eigenvalue weighted by atomic mass is 79.9. The zero-order valence-corrected chi connectivity index (χ0v) is 28.6. The lowest BCUT2D eigenvalue weighted by molar-refractivity contribution is -0.145. The van der Waals surface area contributed by atoms with Gasteiger partial charge in [0.1, 0.15) is 0 Å². The first kappa shape index (κ1) is 30.2. The number of imide groups is 2. The largest absolute Gasteiger partial charge is 0.274 e. The quantitative estimate of drug-likeness (QED) is 0.187. The SMILES string of the molecule is CCCC12C(c3ccccc3)=C(c3ccccc3)C(C3C(=O)N(c4ccc(Br)cc4)C(=O)C31)C1C(=O)N(c3ccc(Br)cc3)C(=O)C12.